The van der Waals surface area contributed by atoms with Gasteiger partial charge in [-0.15, -0.1) is 0 Å². The Morgan fingerprint density at radius 2 is 1.88 bits per heavy atom. The van der Waals surface area contributed by atoms with Crippen molar-refractivity contribution < 1.29 is 0 Å². The molecule has 0 amide bonds. The molecule has 90 valence electrons. The van der Waals surface area contributed by atoms with Crippen molar-refractivity contribution in [3.63, 3.8) is 0 Å². The highest BCUT2D eigenvalue weighted by molar-refractivity contribution is 5.25. The van der Waals surface area contributed by atoms with E-state index in [4.69, 9.17) is 0 Å². The first-order valence-corrected chi connectivity index (χ1v) is 6.16. The fraction of sp³-hybridized carbons (Fsp3) is 0.643. The van der Waals surface area contributed by atoms with Crippen LogP contribution in [-0.4, -0.2) is 12.0 Å². The molecule has 2 nitrogen and oxygen atoms in total. The summed E-state index contributed by atoms with van der Waals surface area (Å²) in [5.41, 5.74) is 3.59. The zero-order chi connectivity index (χ0) is 12.1. The van der Waals surface area contributed by atoms with Crippen molar-refractivity contribution in [3.05, 3.63) is 29.1 Å². The molecular formula is C14H24N2. The highest BCUT2D eigenvalue weighted by atomic mass is 14.9. The molecule has 1 atom stereocenters. The number of nitrogens with one attached hydrogen (secondary N) is 1. The summed E-state index contributed by atoms with van der Waals surface area (Å²) in [6.07, 6.45) is 2.43. The summed E-state index contributed by atoms with van der Waals surface area (Å²) in [5, 5.41) is 3.39. The van der Waals surface area contributed by atoms with Gasteiger partial charge < -0.3 is 5.32 Å². The molecule has 0 aromatic carbocycles. The van der Waals surface area contributed by atoms with Gasteiger partial charge in [0.25, 0.3) is 0 Å². The predicted molar refractivity (Wildman–Crippen MR) is 69.6 cm³/mol. The average molecular weight is 220 g/mol. The van der Waals surface area contributed by atoms with Gasteiger partial charge in [0.2, 0.25) is 0 Å². The molecule has 1 unspecified atom stereocenters. The quantitative estimate of drug-likeness (QED) is 0.822. The van der Waals surface area contributed by atoms with Gasteiger partial charge in [-0.1, -0.05) is 19.9 Å². The lowest BCUT2D eigenvalue weighted by atomic mass is 9.97. The van der Waals surface area contributed by atoms with Gasteiger partial charge >= 0.3 is 0 Å². The van der Waals surface area contributed by atoms with Gasteiger partial charge in [-0.2, -0.15) is 0 Å². The second-order valence-corrected chi connectivity index (χ2v) is 4.94. The molecule has 0 radical (unpaired) electrons. The van der Waals surface area contributed by atoms with Crippen molar-refractivity contribution in [1.82, 2.24) is 10.3 Å². The zero-order valence-corrected chi connectivity index (χ0v) is 11.2. The number of rotatable bonds is 5. The van der Waals surface area contributed by atoms with Crippen LogP contribution in [0.4, 0.5) is 0 Å². The standard InChI is InChI=1S/C14H24N2/c1-10(2)6-9-14(15-5)13-8-7-11(3)16-12(13)4/h7-8,10,14-15H,6,9H2,1-5H3. The summed E-state index contributed by atoms with van der Waals surface area (Å²) in [7, 11) is 2.03. The molecular weight excluding hydrogens is 196 g/mol. The first-order valence-electron chi connectivity index (χ1n) is 6.16. The van der Waals surface area contributed by atoms with Crippen LogP contribution in [0.3, 0.4) is 0 Å². The van der Waals surface area contributed by atoms with Crippen LogP contribution in [0.5, 0.6) is 0 Å². The molecule has 0 saturated heterocycles. The summed E-state index contributed by atoms with van der Waals surface area (Å²) in [6, 6.07) is 4.75. The molecule has 0 fully saturated rings. The van der Waals surface area contributed by atoms with Crippen molar-refractivity contribution in [3.8, 4) is 0 Å². The lowest BCUT2D eigenvalue weighted by molar-refractivity contribution is 0.462. The van der Waals surface area contributed by atoms with Gasteiger partial charge in [-0.05, 0) is 51.3 Å². The fourth-order valence-corrected chi connectivity index (χ4v) is 2.02. The maximum absolute atomic E-state index is 4.53. The Kier molecular flexibility index (Phi) is 4.94. The van der Waals surface area contributed by atoms with E-state index in [0.29, 0.717) is 6.04 Å². The third-order valence-electron chi connectivity index (χ3n) is 3.02. The van der Waals surface area contributed by atoms with Crippen LogP contribution in [0.15, 0.2) is 12.1 Å². The number of aromatic nitrogens is 1. The van der Waals surface area contributed by atoms with E-state index in [0.717, 1.165) is 17.3 Å². The molecule has 0 spiro atoms. The average Bonchev–Trinajstić information content (AvgIpc) is 2.21. The molecule has 16 heavy (non-hydrogen) atoms. The predicted octanol–water partition coefficient (Wildman–Crippen LogP) is 3.40. The van der Waals surface area contributed by atoms with E-state index in [-0.39, 0.29) is 0 Å². The van der Waals surface area contributed by atoms with Gasteiger partial charge in [-0.25, -0.2) is 0 Å². The molecule has 1 aromatic heterocycles. The van der Waals surface area contributed by atoms with Gasteiger partial charge in [0.1, 0.15) is 0 Å². The van der Waals surface area contributed by atoms with E-state index in [1.54, 1.807) is 0 Å². The SMILES string of the molecule is CNC(CCC(C)C)c1ccc(C)nc1C. The molecule has 0 bridgehead atoms. The monoisotopic (exact) mass is 220 g/mol. The normalized spacial score (nSPS) is 13.1. The third-order valence-corrected chi connectivity index (χ3v) is 3.02. The van der Waals surface area contributed by atoms with E-state index in [9.17, 15) is 0 Å². The molecule has 1 aromatic rings. The second-order valence-electron chi connectivity index (χ2n) is 4.94. The second kappa shape index (κ2) is 6.00. The highest BCUT2D eigenvalue weighted by Gasteiger charge is 2.12. The number of hydrogen-bond donors (Lipinski definition) is 1. The van der Waals surface area contributed by atoms with Gasteiger partial charge in [0, 0.05) is 17.4 Å². The van der Waals surface area contributed by atoms with Gasteiger partial charge in [0.15, 0.2) is 0 Å². The fourth-order valence-electron chi connectivity index (χ4n) is 2.02. The van der Waals surface area contributed by atoms with Crippen molar-refractivity contribution in [2.45, 2.75) is 46.6 Å². The van der Waals surface area contributed by atoms with Crippen molar-refractivity contribution in [2.75, 3.05) is 7.05 Å². The lowest BCUT2D eigenvalue weighted by Gasteiger charge is -2.19. The Labute approximate surface area is 99.5 Å². The van der Waals surface area contributed by atoms with Crippen LogP contribution in [0, 0.1) is 19.8 Å². The summed E-state index contributed by atoms with van der Waals surface area (Å²) in [5.74, 6) is 0.759. The molecule has 1 heterocycles. The first-order chi connectivity index (χ1) is 7.54. The van der Waals surface area contributed by atoms with Crippen molar-refractivity contribution >= 4 is 0 Å². The Balaban J connectivity index is 2.78. The molecule has 2 heteroatoms. The molecule has 0 saturated carbocycles. The van der Waals surface area contributed by atoms with E-state index in [2.05, 4.69) is 43.2 Å². The van der Waals surface area contributed by atoms with Crippen LogP contribution >= 0.6 is 0 Å². The van der Waals surface area contributed by atoms with Crippen LogP contribution in [0.1, 0.15) is 49.7 Å². The van der Waals surface area contributed by atoms with Gasteiger partial charge in [-0.3, -0.25) is 4.98 Å². The Bertz CT molecular complexity index is 332. The third kappa shape index (κ3) is 3.60. The zero-order valence-electron chi connectivity index (χ0n) is 11.2. The van der Waals surface area contributed by atoms with Crippen LogP contribution in [0.25, 0.3) is 0 Å². The lowest BCUT2D eigenvalue weighted by Crippen LogP contribution is -2.18. The minimum atomic E-state index is 0.440. The van der Waals surface area contributed by atoms with E-state index < -0.39 is 0 Å². The smallest absolute Gasteiger partial charge is 0.0423 e. The molecule has 0 aliphatic rings. The number of hydrogen-bond acceptors (Lipinski definition) is 2. The van der Waals surface area contributed by atoms with E-state index >= 15 is 0 Å². The Morgan fingerprint density at radius 3 is 2.38 bits per heavy atom. The summed E-state index contributed by atoms with van der Waals surface area (Å²) >= 11 is 0. The topological polar surface area (TPSA) is 24.9 Å². The first kappa shape index (κ1) is 13.2. The highest BCUT2D eigenvalue weighted by Crippen LogP contribution is 2.22. The molecule has 0 aliphatic carbocycles. The van der Waals surface area contributed by atoms with Gasteiger partial charge in [0.05, 0.1) is 0 Å². The maximum Gasteiger partial charge on any atom is 0.0423 e. The molecule has 1 rings (SSSR count). The summed E-state index contributed by atoms with van der Waals surface area (Å²) in [6.45, 7) is 8.68. The summed E-state index contributed by atoms with van der Waals surface area (Å²) < 4.78 is 0. The Hall–Kier alpha value is -0.890. The van der Waals surface area contributed by atoms with Crippen LogP contribution in [0.2, 0.25) is 0 Å². The molecule has 0 aliphatic heterocycles. The number of aryl methyl sites for hydroxylation is 2. The largest absolute Gasteiger partial charge is 0.313 e. The number of nitrogens with zero attached hydrogens (tertiary/aromatic N) is 1. The maximum atomic E-state index is 4.53. The number of pyridine rings is 1. The van der Waals surface area contributed by atoms with Crippen molar-refractivity contribution in [1.29, 1.82) is 0 Å². The minimum Gasteiger partial charge on any atom is -0.313 e. The van der Waals surface area contributed by atoms with E-state index in [1.165, 1.54) is 18.4 Å². The summed E-state index contributed by atoms with van der Waals surface area (Å²) in [4.78, 5) is 4.53. The minimum absolute atomic E-state index is 0.440. The Morgan fingerprint density at radius 1 is 1.19 bits per heavy atom. The van der Waals surface area contributed by atoms with E-state index in [1.807, 2.05) is 14.0 Å². The molecule has 1 N–H and O–H groups in total. The van der Waals surface area contributed by atoms with Crippen molar-refractivity contribution in [2.24, 2.45) is 5.92 Å². The van der Waals surface area contributed by atoms with Crippen LogP contribution < -0.4 is 5.32 Å². The van der Waals surface area contributed by atoms with Crippen LogP contribution in [-0.2, 0) is 0 Å².